The van der Waals surface area contributed by atoms with Crippen LogP contribution in [0.25, 0.3) is 11.5 Å². The van der Waals surface area contributed by atoms with E-state index in [-0.39, 0.29) is 21.9 Å². The molecule has 0 aliphatic carbocycles. The second kappa shape index (κ2) is 8.41. The molecule has 1 N–H and O–H groups in total. The van der Waals surface area contributed by atoms with E-state index in [2.05, 4.69) is 5.32 Å². The average Bonchev–Trinajstić information content (AvgIpc) is 2.71. The van der Waals surface area contributed by atoms with Crippen LogP contribution in [0.15, 0.2) is 79.1 Å². The molecule has 0 bridgehead atoms. The van der Waals surface area contributed by atoms with Crippen LogP contribution < -0.4 is 15.0 Å². The Balaban J connectivity index is 2.10. The smallest absolute Gasteiger partial charge is 0.270 e. The minimum absolute atomic E-state index is 0.152. The van der Waals surface area contributed by atoms with E-state index in [0.717, 1.165) is 11.3 Å². The first-order valence-electron chi connectivity index (χ1n) is 8.47. The molecule has 3 aromatic rings. The molecule has 0 aliphatic rings. The fourth-order valence-corrected chi connectivity index (χ4v) is 2.99. The summed E-state index contributed by atoms with van der Waals surface area (Å²) in [7, 11) is 0. The molecular weight excluding hydrogens is 374 g/mol. The highest BCUT2D eigenvalue weighted by Crippen LogP contribution is 2.22. The van der Waals surface area contributed by atoms with Gasteiger partial charge in [0.05, 0.1) is 4.92 Å². The molecule has 28 heavy (non-hydrogen) atoms. The Bertz CT molecular complexity index is 1070. The summed E-state index contributed by atoms with van der Waals surface area (Å²) in [6, 6.07) is 18.6. The molecule has 3 rings (SSSR count). The number of nitro benzene ring substituents is 1. The summed E-state index contributed by atoms with van der Waals surface area (Å²) in [4.78, 5) is 10.8. The number of pyridine rings is 1. The van der Waals surface area contributed by atoms with Gasteiger partial charge >= 0.3 is 0 Å². The number of benzene rings is 2. The summed E-state index contributed by atoms with van der Waals surface area (Å²) in [5.74, 6) is -0.411. The van der Waals surface area contributed by atoms with Gasteiger partial charge in [-0.05, 0) is 29.9 Å². The molecule has 140 valence electrons. The van der Waals surface area contributed by atoms with Gasteiger partial charge in [0.15, 0.2) is 17.4 Å². The van der Waals surface area contributed by atoms with Gasteiger partial charge in [-0.3, -0.25) is 10.1 Å². The fraction of sp³-hybridized carbons (Fsp3) is 0.0476. The zero-order valence-electron chi connectivity index (χ0n) is 15.0. The molecule has 0 aliphatic heterocycles. The van der Waals surface area contributed by atoms with Crippen LogP contribution in [-0.4, -0.2) is 9.91 Å². The van der Waals surface area contributed by atoms with Crippen molar-refractivity contribution in [3.8, 4) is 0 Å². The van der Waals surface area contributed by atoms with Gasteiger partial charge in [-0.15, -0.1) is 0 Å². The lowest BCUT2D eigenvalue weighted by Crippen LogP contribution is -2.39. The van der Waals surface area contributed by atoms with E-state index in [1.54, 1.807) is 29.1 Å². The van der Waals surface area contributed by atoms with Gasteiger partial charge in [0.2, 0.25) is 5.70 Å². The minimum atomic E-state index is -0.532. The molecule has 7 heteroatoms. The van der Waals surface area contributed by atoms with Crippen LogP contribution in [0.5, 0.6) is 0 Å². The summed E-state index contributed by atoms with van der Waals surface area (Å²) in [6.45, 7) is 1.93. The van der Waals surface area contributed by atoms with Gasteiger partial charge in [-0.1, -0.05) is 48.6 Å². The van der Waals surface area contributed by atoms with Crippen LogP contribution in [0.1, 0.15) is 11.1 Å². The summed E-state index contributed by atoms with van der Waals surface area (Å²) < 4.78 is 1.61. The maximum Gasteiger partial charge on any atom is 0.270 e. The Kier molecular flexibility index (Phi) is 5.76. The number of rotatable bonds is 5. The zero-order chi connectivity index (χ0) is 20.1. The molecule has 2 aromatic carbocycles. The number of thiocarbonyl (C=S) groups is 1. The predicted octanol–water partition coefficient (Wildman–Crippen LogP) is 3.32. The molecule has 1 aromatic heterocycles. The van der Waals surface area contributed by atoms with Crippen LogP contribution in [0, 0.1) is 17.0 Å². The van der Waals surface area contributed by atoms with Gasteiger partial charge in [0.1, 0.15) is 0 Å². The first-order chi connectivity index (χ1) is 13.5. The van der Waals surface area contributed by atoms with E-state index in [1.165, 1.54) is 24.3 Å². The second-order valence-corrected chi connectivity index (χ2v) is 6.45. The van der Waals surface area contributed by atoms with Crippen LogP contribution in [-0.2, 0) is 0 Å². The largest absolute Gasteiger partial charge is 0.867 e. The van der Waals surface area contributed by atoms with E-state index in [1.807, 2.05) is 37.3 Å². The SMILES string of the molecule is Cc1ccccc1NC(=S)C(=C([O-])c1cccc([N+](=O)[O-])c1)[n+]1ccccc1. The molecule has 0 atom stereocenters. The predicted molar refractivity (Wildman–Crippen MR) is 110 cm³/mol. The standard InChI is InChI=1S/C21H17N3O3S/c1-15-8-3-4-11-18(15)22-21(28)19(23-12-5-2-6-13-23)20(25)16-9-7-10-17(14-16)24(26)27/h2-14H,1H3,(H-,22,25,28). The Morgan fingerprint density at radius 1 is 1.04 bits per heavy atom. The lowest BCUT2D eigenvalue weighted by atomic mass is 10.1. The van der Waals surface area contributed by atoms with Crippen molar-refractivity contribution in [2.45, 2.75) is 6.92 Å². The third-order valence-electron chi connectivity index (χ3n) is 4.12. The van der Waals surface area contributed by atoms with E-state index in [9.17, 15) is 15.2 Å². The highest BCUT2D eigenvalue weighted by molar-refractivity contribution is 7.81. The van der Waals surface area contributed by atoms with E-state index < -0.39 is 10.7 Å². The normalized spacial score (nSPS) is 11.5. The summed E-state index contributed by atoms with van der Waals surface area (Å²) in [5, 5.41) is 27.4. The van der Waals surface area contributed by atoms with Gasteiger partial charge in [0.25, 0.3) is 5.69 Å². The Morgan fingerprint density at radius 3 is 2.43 bits per heavy atom. The quantitative estimate of drug-likeness (QED) is 0.180. The van der Waals surface area contributed by atoms with Crippen molar-refractivity contribution in [3.05, 3.63) is 100 Å². The first kappa shape index (κ1) is 19.2. The van der Waals surface area contributed by atoms with E-state index >= 15 is 0 Å². The van der Waals surface area contributed by atoms with Crippen molar-refractivity contribution >= 4 is 40.0 Å². The second-order valence-electron chi connectivity index (χ2n) is 6.04. The number of hydrogen-bond donors (Lipinski definition) is 1. The van der Waals surface area contributed by atoms with Crippen molar-refractivity contribution in [1.82, 2.24) is 0 Å². The minimum Gasteiger partial charge on any atom is -0.867 e. The average molecular weight is 391 g/mol. The van der Waals surface area contributed by atoms with Crippen molar-refractivity contribution in [2.24, 2.45) is 0 Å². The maximum atomic E-state index is 13.2. The van der Waals surface area contributed by atoms with Gasteiger partial charge in [-0.2, -0.15) is 4.57 Å². The number of aryl methyl sites for hydroxylation is 1. The summed E-state index contributed by atoms with van der Waals surface area (Å²) >= 11 is 5.54. The Hall–Kier alpha value is -3.58. The molecule has 0 unspecified atom stereocenters. The molecule has 0 saturated carbocycles. The summed E-state index contributed by atoms with van der Waals surface area (Å²) in [6.07, 6.45) is 3.41. The number of nitro groups is 1. The molecule has 0 saturated heterocycles. The van der Waals surface area contributed by atoms with Gasteiger partial charge in [-0.25, -0.2) is 0 Å². The lowest BCUT2D eigenvalue weighted by molar-refractivity contribution is -0.577. The molecule has 6 nitrogen and oxygen atoms in total. The van der Waals surface area contributed by atoms with Crippen molar-refractivity contribution in [2.75, 3.05) is 5.32 Å². The molecule has 1 heterocycles. The molecule has 0 fully saturated rings. The Labute approximate surface area is 167 Å². The summed E-state index contributed by atoms with van der Waals surface area (Å²) in [5.41, 5.74) is 2.01. The number of non-ortho nitro benzene ring substituents is 1. The van der Waals surface area contributed by atoms with Crippen molar-refractivity contribution in [3.63, 3.8) is 0 Å². The van der Waals surface area contributed by atoms with Crippen molar-refractivity contribution in [1.29, 1.82) is 0 Å². The Morgan fingerprint density at radius 2 is 1.75 bits per heavy atom. The topological polar surface area (TPSA) is 82.1 Å². The molecule has 0 radical (unpaired) electrons. The van der Waals surface area contributed by atoms with Crippen molar-refractivity contribution < 1.29 is 14.6 Å². The van der Waals surface area contributed by atoms with E-state index in [0.29, 0.717) is 0 Å². The fourth-order valence-electron chi connectivity index (χ4n) is 2.68. The van der Waals surface area contributed by atoms with Gasteiger partial charge < -0.3 is 10.4 Å². The number of nitrogens with one attached hydrogen (secondary N) is 1. The van der Waals surface area contributed by atoms with Crippen LogP contribution in [0.2, 0.25) is 0 Å². The maximum absolute atomic E-state index is 13.2. The monoisotopic (exact) mass is 391 g/mol. The first-order valence-corrected chi connectivity index (χ1v) is 8.88. The van der Waals surface area contributed by atoms with E-state index in [4.69, 9.17) is 12.2 Å². The number of nitrogens with zero attached hydrogens (tertiary/aromatic N) is 2. The van der Waals surface area contributed by atoms with Gasteiger partial charge in [0, 0.05) is 30.0 Å². The third kappa shape index (κ3) is 4.21. The van der Waals surface area contributed by atoms with Crippen LogP contribution >= 0.6 is 12.2 Å². The number of aromatic nitrogens is 1. The van der Waals surface area contributed by atoms with Crippen LogP contribution in [0.4, 0.5) is 11.4 Å². The molecular formula is C21H17N3O3S. The number of para-hydroxylation sites is 1. The number of anilines is 1. The highest BCUT2D eigenvalue weighted by Gasteiger charge is 2.20. The molecule has 0 amide bonds. The molecule has 0 spiro atoms. The third-order valence-corrected chi connectivity index (χ3v) is 4.41. The number of hydrogen-bond acceptors (Lipinski definition) is 4. The highest BCUT2D eigenvalue weighted by atomic mass is 32.1. The van der Waals surface area contributed by atoms with Crippen LogP contribution in [0.3, 0.4) is 0 Å². The lowest BCUT2D eigenvalue weighted by Gasteiger charge is -2.17. The zero-order valence-corrected chi connectivity index (χ0v) is 15.8.